The number of para-hydroxylation sites is 2. The van der Waals surface area contributed by atoms with Crippen molar-refractivity contribution in [1.82, 2.24) is 9.13 Å². The number of hydrogen-bond donors (Lipinski definition) is 0. The minimum absolute atomic E-state index is 1.13. The lowest BCUT2D eigenvalue weighted by Crippen LogP contribution is -1.98. The van der Waals surface area contributed by atoms with Crippen LogP contribution < -0.4 is 0 Å². The first-order valence-corrected chi connectivity index (χ1v) is 20.0. The lowest BCUT2D eigenvalue weighted by atomic mass is 9.90. The molecule has 0 spiro atoms. The number of hydrogen-bond acceptors (Lipinski definition) is 0. The summed E-state index contributed by atoms with van der Waals surface area (Å²) in [4.78, 5) is 0. The Bertz CT molecular complexity index is 3520. The van der Waals surface area contributed by atoms with E-state index in [1.807, 2.05) is 0 Å². The van der Waals surface area contributed by atoms with Crippen molar-refractivity contribution >= 4 is 65.0 Å². The van der Waals surface area contributed by atoms with Crippen LogP contribution in [-0.2, 0) is 0 Å². The maximum Gasteiger partial charge on any atom is 0.0788 e. The first-order chi connectivity index (χ1) is 28.8. The molecule has 10 aromatic carbocycles. The third-order valence-corrected chi connectivity index (χ3v) is 12.1. The van der Waals surface area contributed by atoms with Gasteiger partial charge in [-0.15, -0.1) is 0 Å². The normalized spacial score (nSPS) is 11.8. The molecule has 270 valence electrons. The van der Waals surface area contributed by atoms with Gasteiger partial charge < -0.3 is 9.13 Å². The van der Waals surface area contributed by atoms with Gasteiger partial charge in [0.25, 0.3) is 0 Å². The molecule has 0 saturated carbocycles. The van der Waals surface area contributed by atoms with Gasteiger partial charge in [-0.2, -0.15) is 0 Å². The van der Waals surface area contributed by atoms with Crippen molar-refractivity contribution in [3.63, 3.8) is 0 Å². The summed E-state index contributed by atoms with van der Waals surface area (Å²) in [5.74, 6) is 0. The molecule has 0 bridgehead atoms. The van der Waals surface area contributed by atoms with Crippen LogP contribution in [0.2, 0.25) is 0 Å². The minimum Gasteiger partial charge on any atom is -0.314 e. The molecule has 0 saturated heterocycles. The molecule has 2 aromatic heterocycles. The van der Waals surface area contributed by atoms with Gasteiger partial charge in [0, 0.05) is 39.3 Å². The number of rotatable bonds is 5. The summed E-state index contributed by atoms with van der Waals surface area (Å²) >= 11 is 0. The Morgan fingerprint density at radius 2 is 0.741 bits per heavy atom. The highest BCUT2D eigenvalue weighted by Crippen LogP contribution is 2.43. The number of fused-ring (bicyclic) bond motifs is 11. The molecular weight excluding hydrogens is 701 g/mol. The highest BCUT2D eigenvalue weighted by atomic mass is 15.0. The fourth-order valence-electron chi connectivity index (χ4n) is 9.44. The van der Waals surface area contributed by atoms with Crippen LogP contribution in [0, 0.1) is 0 Å². The zero-order valence-electron chi connectivity index (χ0n) is 31.7. The fraction of sp³-hybridized carbons (Fsp3) is 0. The molecule has 0 aliphatic carbocycles. The van der Waals surface area contributed by atoms with Gasteiger partial charge in [0.05, 0.1) is 16.6 Å². The second-order valence-corrected chi connectivity index (χ2v) is 15.3. The third kappa shape index (κ3) is 4.99. The Balaban J connectivity index is 1.09. The average Bonchev–Trinajstić information content (AvgIpc) is 3.86. The van der Waals surface area contributed by atoms with Crippen molar-refractivity contribution in [2.45, 2.75) is 0 Å². The predicted molar refractivity (Wildman–Crippen MR) is 246 cm³/mol. The molecule has 58 heavy (non-hydrogen) atoms. The SMILES string of the molecule is c1ccc(-c2ccc3c4ccc(-c5cccc(-n6c7ccccc7c7ccc8c(-c9ccccc9)cn(-c9ccccc9)c8c76)c5)cc4c4ccccc4c3c2)cc1. The zero-order chi connectivity index (χ0) is 38.2. The molecule has 12 rings (SSSR count). The molecule has 0 aliphatic heterocycles. The molecule has 0 radical (unpaired) electrons. The fourth-order valence-corrected chi connectivity index (χ4v) is 9.44. The van der Waals surface area contributed by atoms with Crippen LogP contribution in [0.5, 0.6) is 0 Å². The number of aromatic nitrogens is 2. The van der Waals surface area contributed by atoms with Crippen LogP contribution in [0.25, 0.3) is 110 Å². The van der Waals surface area contributed by atoms with E-state index < -0.39 is 0 Å². The van der Waals surface area contributed by atoms with Crippen molar-refractivity contribution in [3.8, 4) is 44.8 Å². The van der Waals surface area contributed by atoms with E-state index in [0.717, 1.165) is 11.4 Å². The summed E-state index contributed by atoms with van der Waals surface area (Å²) in [6.45, 7) is 0. The van der Waals surface area contributed by atoms with Crippen LogP contribution in [0.15, 0.2) is 219 Å². The van der Waals surface area contributed by atoms with Crippen molar-refractivity contribution in [1.29, 1.82) is 0 Å². The molecule has 0 N–H and O–H groups in total. The van der Waals surface area contributed by atoms with Gasteiger partial charge in [-0.3, -0.25) is 0 Å². The standard InChI is InChI=1S/C56H36N2/c1-4-15-37(16-5-1)40-27-29-46-47-30-28-41(35-52(47)45-24-11-10-23-44(45)51(46)34-40)39-19-14-22-43(33-39)58-54-26-13-12-25-48(54)49-31-32-50-53(38-17-6-2-7-18-38)36-57(55(50)56(49)58)42-20-8-3-9-21-42/h1-36H. The molecular formula is C56H36N2. The van der Waals surface area contributed by atoms with Crippen molar-refractivity contribution < 1.29 is 0 Å². The Hall–Kier alpha value is -7.68. The van der Waals surface area contributed by atoms with E-state index in [2.05, 4.69) is 228 Å². The van der Waals surface area contributed by atoms with Gasteiger partial charge in [-0.25, -0.2) is 0 Å². The van der Waals surface area contributed by atoms with Gasteiger partial charge in [0.15, 0.2) is 0 Å². The lowest BCUT2D eigenvalue weighted by Gasteiger charge is -2.15. The van der Waals surface area contributed by atoms with Crippen LogP contribution in [0.1, 0.15) is 0 Å². The van der Waals surface area contributed by atoms with E-state index in [9.17, 15) is 0 Å². The highest BCUT2D eigenvalue weighted by molar-refractivity contribution is 6.26. The van der Waals surface area contributed by atoms with E-state index in [-0.39, 0.29) is 0 Å². The zero-order valence-corrected chi connectivity index (χ0v) is 31.7. The molecule has 0 amide bonds. The summed E-state index contributed by atoms with van der Waals surface area (Å²) in [7, 11) is 0. The third-order valence-electron chi connectivity index (χ3n) is 12.1. The smallest absolute Gasteiger partial charge is 0.0788 e. The molecule has 2 heterocycles. The predicted octanol–water partition coefficient (Wildman–Crippen LogP) is 15.2. The highest BCUT2D eigenvalue weighted by Gasteiger charge is 2.21. The van der Waals surface area contributed by atoms with E-state index in [0.29, 0.717) is 0 Å². The van der Waals surface area contributed by atoms with Crippen LogP contribution in [0.4, 0.5) is 0 Å². The quantitative estimate of drug-likeness (QED) is 0.156. The topological polar surface area (TPSA) is 9.86 Å². The second kappa shape index (κ2) is 12.9. The molecule has 2 nitrogen and oxygen atoms in total. The first-order valence-electron chi connectivity index (χ1n) is 20.0. The first kappa shape index (κ1) is 32.6. The van der Waals surface area contributed by atoms with Crippen molar-refractivity contribution in [3.05, 3.63) is 219 Å². The van der Waals surface area contributed by atoms with Crippen molar-refractivity contribution in [2.24, 2.45) is 0 Å². The molecule has 12 aromatic rings. The van der Waals surface area contributed by atoms with E-state index in [4.69, 9.17) is 0 Å². The summed E-state index contributed by atoms with van der Waals surface area (Å²) < 4.78 is 4.87. The summed E-state index contributed by atoms with van der Waals surface area (Å²) in [5, 5.41) is 11.4. The Morgan fingerprint density at radius 3 is 1.43 bits per heavy atom. The molecule has 0 aliphatic rings. The molecule has 2 heteroatoms. The van der Waals surface area contributed by atoms with E-state index in [1.165, 1.54) is 98.4 Å². The molecule has 0 unspecified atom stereocenters. The largest absolute Gasteiger partial charge is 0.314 e. The number of nitrogens with zero attached hydrogens (tertiary/aromatic N) is 2. The summed E-state index contributed by atoms with van der Waals surface area (Å²) in [6.07, 6.45) is 2.32. The van der Waals surface area contributed by atoms with Crippen LogP contribution >= 0.6 is 0 Å². The average molecular weight is 737 g/mol. The van der Waals surface area contributed by atoms with Gasteiger partial charge in [-0.1, -0.05) is 170 Å². The van der Waals surface area contributed by atoms with Gasteiger partial charge >= 0.3 is 0 Å². The van der Waals surface area contributed by atoms with Crippen LogP contribution in [0.3, 0.4) is 0 Å². The Kier molecular flexibility index (Phi) is 7.26. The second-order valence-electron chi connectivity index (χ2n) is 15.3. The van der Waals surface area contributed by atoms with Gasteiger partial charge in [0.1, 0.15) is 0 Å². The van der Waals surface area contributed by atoms with E-state index >= 15 is 0 Å². The monoisotopic (exact) mass is 736 g/mol. The summed E-state index contributed by atoms with van der Waals surface area (Å²) in [6, 6.07) is 77.6. The minimum atomic E-state index is 1.13. The van der Waals surface area contributed by atoms with E-state index in [1.54, 1.807) is 0 Å². The van der Waals surface area contributed by atoms with Gasteiger partial charge in [0.2, 0.25) is 0 Å². The summed E-state index contributed by atoms with van der Waals surface area (Å²) in [5.41, 5.74) is 13.1. The lowest BCUT2D eigenvalue weighted by molar-refractivity contribution is 1.12. The Morgan fingerprint density at radius 1 is 0.259 bits per heavy atom. The Labute approximate surface area is 336 Å². The maximum absolute atomic E-state index is 2.49. The van der Waals surface area contributed by atoms with Crippen molar-refractivity contribution in [2.75, 3.05) is 0 Å². The molecule has 0 atom stereocenters. The number of benzene rings is 10. The maximum atomic E-state index is 2.49. The molecule has 0 fully saturated rings. The van der Waals surface area contributed by atoms with Gasteiger partial charge in [-0.05, 0) is 103 Å². The van der Waals surface area contributed by atoms with Crippen LogP contribution in [-0.4, -0.2) is 9.13 Å².